The average Bonchev–Trinajstić information content (AvgIpc) is 3.42. The number of nitrogens with one attached hydrogen (secondary N) is 1. The van der Waals surface area contributed by atoms with Crippen LogP contribution in [0.25, 0.3) is 11.1 Å². The molecule has 0 radical (unpaired) electrons. The standard InChI is InChI=1S/C31H28N2O6/c34-28-24-16-8-9-17-25(24)29(35)33(28)39-30(36)27(19-10-2-1-3-11-19)32-31(37)38-18-26-22-14-6-4-12-20(22)21-13-5-7-15-23(21)26/h4-9,12-17,19,26-27H,1-3,10-11,18H2,(H,32,37). The monoisotopic (exact) mass is 524 g/mol. The van der Waals surface area contributed by atoms with Crippen LogP contribution in [0.3, 0.4) is 0 Å². The van der Waals surface area contributed by atoms with E-state index in [4.69, 9.17) is 9.57 Å². The molecule has 0 spiro atoms. The zero-order chi connectivity index (χ0) is 26.9. The molecule has 6 rings (SSSR count). The zero-order valence-electron chi connectivity index (χ0n) is 21.3. The fraction of sp³-hybridized carbons (Fsp3) is 0.290. The Morgan fingerprint density at radius 1 is 0.769 bits per heavy atom. The molecule has 0 bridgehead atoms. The third kappa shape index (κ3) is 4.56. The molecule has 0 saturated heterocycles. The molecule has 39 heavy (non-hydrogen) atoms. The average molecular weight is 525 g/mol. The van der Waals surface area contributed by atoms with E-state index in [2.05, 4.69) is 17.4 Å². The van der Waals surface area contributed by atoms with E-state index < -0.39 is 29.9 Å². The molecule has 1 heterocycles. The normalized spacial score (nSPS) is 17.3. The number of hydrogen-bond acceptors (Lipinski definition) is 6. The third-order valence-corrected chi connectivity index (χ3v) is 7.93. The number of carbonyl (C=O) groups is 4. The van der Waals surface area contributed by atoms with Crippen molar-refractivity contribution < 1.29 is 28.8 Å². The Kier molecular flexibility index (Phi) is 6.60. The van der Waals surface area contributed by atoms with Gasteiger partial charge in [-0.2, -0.15) is 0 Å². The first-order chi connectivity index (χ1) is 19.0. The highest BCUT2D eigenvalue weighted by Gasteiger charge is 2.42. The molecule has 1 unspecified atom stereocenters. The van der Waals surface area contributed by atoms with Gasteiger partial charge in [-0.1, -0.05) is 85.0 Å². The van der Waals surface area contributed by atoms with Gasteiger partial charge in [0.1, 0.15) is 12.6 Å². The number of rotatable bonds is 6. The van der Waals surface area contributed by atoms with Crippen LogP contribution < -0.4 is 5.32 Å². The second-order valence-corrected chi connectivity index (χ2v) is 10.2. The van der Waals surface area contributed by atoms with Gasteiger partial charge in [0.05, 0.1) is 11.1 Å². The molecule has 1 fully saturated rings. The summed E-state index contributed by atoms with van der Waals surface area (Å²) in [4.78, 5) is 57.2. The smallest absolute Gasteiger partial charge is 0.407 e. The van der Waals surface area contributed by atoms with Gasteiger partial charge in [-0.25, -0.2) is 9.59 Å². The van der Waals surface area contributed by atoms with Gasteiger partial charge < -0.3 is 14.9 Å². The summed E-state index contributed by atoms with van der Waals surface area (Å²) in [6.07, 6.45) is 3.55. The number of alkyl carbamates (subject to hydrolysis) is 1. The predicted octanol–water partition coefficient (Wildman–Crippen LogP) is 5.23. The fourth-order valence-corrected chi connectivity index (χ4v) is 6.00. The van der Waals surface area contributed by atoms with Gasteiger partial charge in [-0.05, 0) is 53.1 Å². The molecule has 8 heteroatoms. The summed E-state index contributed by atoms with van der Waals surface area (Å²) < 4.78 is 5.67. The number of hydrogen-bond donors (Lipinski definition) is 1. The topological polar surface area (TPSA) is 102 Å². The molecule has 3 amide bonds. The van der Waals surface area contributed by atoms with Crippen LogP contribution in [0.2, 0.25) is 0 Å². The Labute approximate surface area is 225 Å². The summed E-state index contributed by atoms with van der Waals surface area (Å²) in [6, 6.07) is 21.3. The van der Waals surface area contributed by atoms with Crippen molar-refractivity contribution in [2.24, 2.45) is 5.92 Å². The first-order valence-electron chi connectivity index (χ1n) is 13.3. The molecule has 1 saturated carbocycles. The summed E-state index contributed by atoms with van der Waals surface area (Å²) >= 11 is 0. The van der Waals surface area contributed by atoms with Crippen LogP contribution in [0.5, 0.6) is 0 Å². The molecule has 3 aromatic rings. The Balaban J connectivity index is 1.16. The quantitative estimate of drug-likeness (QED) is 0.443. The number of ether oxygens (including phenoxy) is 1. The van der Waals surface area contributed by atoms with Crippen LogP contribution >= 0.6 is 0 Å². The Morgan fingerprint density at radius 2 is 1.28 bits per heavy atom. The minimum atomic E-state index is -1.05. The van der Waals surface area contributed by atoms with E-state index in [1.807, 2.05) is 36.4 Å². The number of hydroxylamine groups is 2. The van der Waals surface area contributed by atoms with Crippen molar-refractivity contribution in [3.8, 4) is 11.1 Å². The summed E-state index contributed by atoms with van der Waals surface area (Å²) in [5.41, 5.74) is 4.75. The van der Waals surface area contributed by atoms with E-state index in [9.17, 15) is 19.2 Å². The van der Waals surface area contributed by atoms with E-state index in [0.717, 1.165) is 41.5 Å². The minimum Gasteiger partial charge on any atom is -0.449 e. The second-order valence-electron chi connectivity index (χ2n) is 10.2. The lowest BCUT2D eigenvalue weighted by Crippen LogP contribution is -2.50. The fourth-order valence-electron chi connectivity index (χ4n) is 6.00. The van der Waals surface area contributed by atoms with Crippen LogP contribution in [0.1, 0.15) is 69.9 Å². The summed E-state index contributed by atoms with van der Waals surface area (Å²) in [7, 11) is 0. The van der Waals surface area contributed by atoms with Crippen molar-refractivity contribution in [1.82, 2.24) is 10.4 Å². The summed E-state index contributed by atoms with van der Waals surface area (Å²) in [6.45, 7) is 0.102. The molecule has 2 aliphatic carbocycles. The lowest BCUT2D eigenvalue weighted by atomic mass is 9.84. The van der Waals surface area contributed by atoms with Crippen molar-refractivity contribution in [3.05, 3.63) is 95.1 Å². The predicted molar refractivity (Wildman–Crippen MR) is 142 cm³/mol. The van der Waals surface area contributed by atoms with Gasteiger partial charge in [-0.15, -0.1) is 0 Å². The number of amides is 3. The molecule has 1 aliphatic heterocycles. The number of fused-ring (bicyclic) bond motifs is 4. The highest BCUT2D eigenvalue weighted by atomic mass is 16.7. The molecular weight excluding hydrogens is 496 g/mol. The lowest BCUT2D eigenvalue weighted by Gasteiger charge is -2.29. The maximum Gasteiger partial charge on any atom is 0.407 e. The maximum absolute atomic E-state index is 13.3. The SMILES string of the molecule is O=C(NC(C(=O)ON1C(=O)c2ccccc2C1=O)C1CCCCC1)OCC1c2ccccc2-c2ccccc21. The Hall–Kier alpha value is -4.46. The van der Waals surface area contributed by atoms with Crippen molar-refractivity contribution in [2.75, 3.05) is 6.61 Å². The van der Waals surface area contributed by atoms with Crippen molar-refractivity contribution in [1.29, 1.82) is 0 Å². The van der Waals surface area contributed by atoms with E-state index >= 15 is 0 Å². The highest BCUT2D eigenvalue weighted by molar-refractivity contribution is 6.21. The van der Waals surface area contributed by atoms with Crippen LogP contribution in [-0.4, -0.2) is 41.6 Å². The lowest BCUT2D eigenvalue weighted by molar-refractivity contribution is -0.173. The van der Waals surface area contributed by atoms with Crippen LogP contribution in [0, 0.1) is 5.92 Å². The number of imide groups is 1. The number of benzene rings is 3. The van der Waals surface area contributed by atoms with E-state index in [1.165, 1.54) is 12.1 Å². The van der Waals surface area contributed by atoms with Gasteiger partial charge in [0.2, 0.25) is 0 Å². The summed E-state index contributed by atoms with van der Waals surface area (Å²) in [5, 5.41) is 3.19. The summed E-state index contributed by atoms with van der Waals surface area (Å²) in [5.74, 6) is -2.58. The van der Waals surface area contributed by atoms with E-state index in [1.54, 1.807) is 12.1 Å². The molecule has 8 nitrogen and oxygen atoms in total. The van der Waals surface area contributed by atoms with Gasteiger partial charge in [0, 0.05) is 5.92 Å². The molecule has 1 atom stereocenters. The van der Waals surface area contributed by atoms with Crippen molar-refractivity contribution >= 4 is 23.9 Å². The molecule has 3 aliphatic rings. The number of nitrogens with zero attached hydrogens (tertiary/aromatic N) is 1. The van der Waals surface area contributed by atoms with Gasteiger partial charge in [0.25, 0.3) is 11.8 Å². The molecular formula is C31H28N2O6. The first kappa shape index (κ1) is 24.9. The van der Waals surface area contributed by atoms with Crippen LogP contribution in [0.15, 0.2) is 72.8 Å². The Bertz CT molecular complexity index is 1380. The van der Waals surface area contributed by atoms with Gasteiger partial charge in [0.15, 0.2) is 0 Å². The Morgan fingerprint density at radius 3 is 1.85 bits per heavy atom. The number of carbonyl (C=O) groups excluding carboxylic acids is 4. The van der Waals surface area contributed by atoms with Crippen molar-refractivity contribution in [3.63, 3.8) is 0 Å². The second kappa shape index (κ2) is 10.4. The highest BCUT2D eigenvalue weighted by Crippen LogP contribution is 2.44. The van der Waals surface area contributed by atoms with E-state index in [0.29, 0.717) is 17.9 Å². The van der Waals surface area contributed by atoms with Gasteiger partial charge in [-0.3, -0.25) is 9.59 Å². The third-order valence-electron chi connectivity index (χ3n) is 7.93. The van der Waals surface area contributed by atoms with Crippen LogP contribution in [0.4, 0.5) is 4.79 Å². The molecule has 0 aromatic heterocycles. The van der Waals surface area contributed by atoms with Crippen molar-refractivity contribution in [2.45, 2.75) is 44.1 Å². The van der Waals surface area contributed by atoms with Crippen LogP contribution in [-0.2, 0) is 14.4 Å². The minimum absolute atomic E-state index is 0.102. The molecule has 1 N–H and O–H groups in total. The van der Waals surface area contributed by atoms with E-state index in [-0.39, 0.29) is 29.6 Å². The first-order valence-corrected chi connectivity index (χ1v) is 13.3. The largest absolute Gasteiger partial charge is 0.449 e. The molecule has 198 valence electrons. The van der Waals surface area contributed by atoms with Gasteiger partial charge >= 0.3 is 12.1 Å². The molecule has 3 aromatic carbocycles. The zero-order valence-corrected chi connectivity index (χ0v) is 21.3. The maximum atomic E-state index is 13.3.